The van der Waals surface area contributed by atoms with Crippen LogP contribution in [0.3, 0.4) is 0 Å². The summed E-state index contributed by atoms with van der Waals surface area (Å²) in [5, 5.41) is 12.0. The van der Waals surface area contributed by atoms with Crippen LogP contribution in [0.25, 0.3) is 11.0 Å². The fraction of sp³-hybridized carbons (Fsp3) is 0.714. The Morgan fingerprint density at radius 1 is 1.14 bits per heavy atom. The zero-order valence-corrected chi connectivity index (χ0v) is 16.7. The van der Waals surface area contributed by atoms with Crippen LogP contribution in [0.1, 0.15) is 51.9 Å². The summed E-state index contributed by atoms with van der Waals surface area (Å²) >= 11 is 0. The van der Waals surface area contributed by atoms with E-state index in [1.165, 1.54) is 19.3 Å². The minimum Gasteiger partial charge on any atom is -0.369 e. The molecule has 0 radical (unpaired) electrons. The van der Waals surface area contributed by atoms with Gasteiger partial charge in [0, 0.05) is 18.5 Å². The molecule has 0 atom stereocenters. The van der Waals surface area contributed by atoms with Crippen molar-refractivity contribution in [3.8, 4) is 0 Å². The Morgan fingerprint density at radius 2 is 1.86 bits per heavy atom. The first-order valence-electron chi connectivity index (χ1n) is 10.9. The summed E-state index contributed by atoms with van der Waals surface area (Å²) in [5.74, 6) is 3.48. The molecule has 0 spiro atoms. The number of anilines is 1. The maximum Gasteiger partial charge on any atom is 0.226 e. The summed E-state index contributed by atoms with van der Waals surface area (Å²) in [7, 11) is 0. The van der Waals surface area contributed by atoms with Crippen molar-refractivity contribution in [2.24, 2.45) is 23.2 Å². The van der Waals surface area contributed by atoms with E-state index in [0.29, 0.717) is 13.1 Å². The molecule has 2 N–H and O–H groups in total. The molecule has 1 amide bonds. The molecule has 0 aromatic carbocycles. The van der Waals surface area contributed by atoms with Gasteiger partial charge < -0.3 is 10.6 Å². The maximum atomic E-state index is 13.1. The Morgan fingerprint density at radius 3 is 2.54 bits per heavy atom. The molecule has 7 nitrogen and oxygen atoms in total. The molecule has 4 fully saturated rings. The minimum absolute atomic E-state index is 0.0830. The molecule has 4 bridgehead atoms. The molecule has 4 aliphatic carbocycles. The zero-order valence-electron chi connectivity index (χ0n) is 16.7. The van der Waals surface area contributed by atoms with E-state index in [2.05, 4.69) is 32.6 Å². The molecule has 2 heterocycles. The SMILES string of the molecule is CCCNc1ncnc2c1cnn2CCNC(=O)C12CC3CC(CC(C3)C1)C2. The largest absolute Gasteiger partial charge is 0.369 e. The number of rotatable bonds is 7. The fourth-order valence-electron chi connectivity index (χ4n) is 6.29. The molecule has 2 aromatic heterocycles. The average Bonchev–Trinajstić information content (AvgIpc) is 3.09. The van der Waals surface area contributed by atoms with E-state index in [1.807, 2.05) is 10.9 Å². The highest BCUT2D eigenvalue weighted by Crippen LogP contribution is 2.60. The van der Waals surface area contributed by atoms with Crippen LogP contribution in [-0.2, 0) is 11.3 Å². The van der Waals surface area contributed by atoms with Gasteiger partial charge >= 0.3 is 0 Å². The van der Waals surface area contributed by atoms with Gasteiger partial charge in [-0.15, -0.1) is 0 Å². The topological polar surface area (TPSA) is 84.7 Å². The van der Waals surface area contributed by atoms with Crippen molar-refractivity contribution >= 4 is 22.8 Å². The van der Waals surface area contributed by atoms with Gasteiger partial charge in [-0.3, -0.25) is 4.79 Å². The van der Waals surface area contributed by atoms with E-state index in [4.69, 9.17) is 0 Å². The smallest absolute Gasteiger partial charge is 0.226 e. The molecule has 150 valence electrons. The fourth-order valence-corrected chi connectivity index (χ4v) is 6.29. The Hall–Kier alpha value is -2.18. The third-order valence-electron chi connectivity index (χ3n) is 7.11. The molecule has 28 heavy (non-hydrogen) atoms. The van der Waals surface area contributed by atoms with E-state index in [1.54, 1.807) is 6.33 Å². The summed E-state index contributed by atoms with van der Waals surface area (Å²) in [6.07, 6.45) is 11.8. The standard InChI is InChI=1S/C21H30N6O/c1-2-3-22-18-17-12-26-27(19(17)25-13-24-18)5-4-23-20(28)21-9-14-6-15(10-21)8-16(7-14)11-21/h12-16H,2-11H2,1H3,(H,23,28)(H,22,24,25). The molecular weight excluding hydrogens is 352 g/mol. The summed E-state index contributed by atoms with van der Waals surface area (Å²) in [6, 6.07) is 0. The lowest BCUT2D eigenvalue weighted by Gasteiger charge is -2.55. The van der Waals surface area contributed by atoms with Crippen molar-refractivity contribution in [1.29, 1.82) is 0 Å². The van der Waals surface area contributed by atoms with Gasteiger partial charge in [-0.2, -0.15) is 5.10 Å². The van der Waals surface area contributed by atoms with Gasteiger partial charge in [-0.1, -0.05) is 6.92 Å². The van der Waals surface area contributed by atoms with Crippen molar-refractivity contribution in [2.75, 3.05) is 18.4 Å². The second-order valence-electron chi connectivity index (χ2n) is 9.21. The molecular formula is C21H30N6O. The predicted molar refractivity (Wildman–Crippen MR) is 108 cm³/mol. The molecule has 0 saturated heterocycles. The number of nitrogens with one attached hydrogen (secondary N) is 2. The number of fused-ring (bicyclic) bond motifs is 1. The van der Waals surface area contributed by atoms with Gasteiger partial charge in [0.15, 0.2) is 5.65 Å². The normalized spacial score (nSPS) is 30.7. The first-order chi connectivity index (χ1) is 13.7. The minimum atomic E-state index is -0.0830. The molecule has 0 aliphatic heterocycles. The van der Waals surface area contributed by atoms with E-state index < -0.39 is 0 Å². The summed E-state index contributed by atoms with van der Waals surface area (Å²) in [5.41, 5.74) is 0.734. The quantitative estimate of drug-likeness (QED) is 0.769. The molecule has 2 aromatic rings. The zero-order chi connectivity index (χ0) is 19.1. The monoisotopic (exact) mass is 382 g/mol. The third kappa shape index (κ3) is 3.05. The van der Waals surface area contributed by atoms with Crippen LogP contribution in [0, 0.1) is 23.2 Å². The van der Waals surface area contributed by atoms with Crippen LogP contribution in [0.5, 0.6) is 0 Å². The molecule has 4 saturated carbocycles. The number of hydrogen-bond acceptors (Lipinski definition) is 5. The second-order valence-corrected chi connectivity index (χ2v) is 9.21. The number of carbonyl (C=O) groups is 1. The first-order valence-corrected chi connectivity index (χ1v) is 10.9. The van der Waals surface area contributed by atoms with Gasteiger partial charge in [0.25, 0.3) is 0 Å². The Kier molecular flexibility index (Phi) is 4.48. The van der Waals surface area contributed by atoms with Crippen molar-refractivity contribution in [1.82, 2.24) is 25.1 Å². The highest BCUT2D eigenvalue weighted by molar-refractivity contribution is 5.86. The maximum absolute atomic E-state index is 13.1. The number of amides is 1. The number of aromatic nitrogens is 4. The Bertz CT molecular complexity index is 840. The Labute approximate surface area is 165 Å². The van der Waals surface area contributed by atoms with Crippen LogP contribution in [-0.4, -0.2) is 38.7 Å². The van der Waals surface area contributed by atoms with Crippen molar-refractivity contribution < 1.29 is 4.79 Å². The second kappa shape index (κ2) is 7.01. The molecule has 0 unspecified atom stereocenters. The average molecular weight is 383 g/mol. The van der Waals surface area contributed by atoms with E-state index in [9.17, 15) is 4.79 Å². The van der Waals surface area contributed by atoms with Crippen LogP contribution in [0.15, 0.2) is 12.5 Å². The third-order valence-corrected chi connectivity index (χ3v) is 7.11. The number of nitrogens with zero attached hydrogens (tertiary/aromatic N) is 4. The van der Waals surface area contributed by atoms with Gasteiger partial charge in [0.05, 0.1) is 18.1 Å². The van der Waals surface area contributed by atoms with Crippen molar-refractivity contribution in [3.05, 3.63) is 12.5 Å². The molecule has 4 aliphatic rings. The van der Waals surface area contributed by atoms with Crippen LogP contribution < -0.4 is 10.6 Å². The lowest BCUT2D eigenvalue weighted by atomic mass is 9.49. The predicted octanol–water partition coefficient (Wildman–Crippen LogP) is 2.98. The van der Waals surface area contributed by atoms with Crippen molar-refractivity contribution in [3.63, 3.8) is 0 Å². The van der Waals surface area contributed by atoms with Gasteiger partial charge in [-0.05, 0) is 62.7 Å². The highest BCUT2D eigenvalue weighted by atomic mass is 16.2. The van der Waals surface area contributed by atoms with Crippen LogP contribution in [0.2, 0.25) is 0 Å². The lowest BCUT2D eigenvalue weighted by Crippen LogP contribution is -2.53. The van der Waals surface area contributed by atoms with Crippen LogP contribution in [0.4, 0.5) is 5.82 Å². The van der Waals surface area contributed by atoms with Gasteiger partial charge in [0.2, 0.25) is 5.91 Å². The van der Waals surface area contributed by atoms with Crippen LogP contribution >= 0.6 is 0 Å². The first kappa shape index (κ1) is 17.9. The van der Waals surface area contributed by atoms with Gasteiger partial charge in [-0.25, -0.2) is 14.6 Å². The number of carbonyl (C=O) groups excluding carboxylic acids is 1. The molecule has 7 heteroatoms. The highest BCUT2D eigenvalue weighted by Gasteiger charge is 2.54. The van der Waals surface area contributed by atoms with Crippen molar-refractivity contribution in [2.45, 2.75) is 58.4 Å². The summed E-state index contributed by atoms with van der Waals surface area (Å²) in [4.78, 5) is 21.8. The van der Waals surface area contributed by atoms with E-state index in [-0.39, 0.29) is 11.3 Å². The van der Waals surface area contributed by atoms with Gasteiger partial charge in [0.1, 0.15) is 12.1 Å². The summed E-state index contributed by atoms with van der Waals surface area (Å²) in [6.45, 7) is 4.23. The summed E-state index contributed by atoms with van der Waals surface area (Å²) < 4.78 is 1.87. The number of hydrogen-bond donors (Lipinski definition) is 2. The van der Waals surface area contributed by atoms with E-state index >= 15 is 0 Å². The Balaban J connectivity index is 1.23. The van der Waals surface area contributed by atoms with E-state index in [0.717, 1.165) is 66.8 Å². The lowest BCUT2D eigenvalue weighted by molar-refractivity contribution is -0.146. The molecule has 6 rings (SSSR count).